The molecule has 2 aliphatic rings. The molecule has 2 fully saturated rings. The first-order chi connectivity index (χ1) is 8.80. The Kier molecular flexibility index (Phi) is 3.36. The van der Waals surface area contributed by atoms with Gasteiger partial charge >= 0.3 is 6.09 Å². The fourth-order valence-electron chi connectivity index (χ4n) is 2.68. The Balaban J connectivity index is 2.18. The van der Waals surface area contributed by atoms with Crippen LogP contribution in [-0.4, -0.2) is 45.9 Å². The van der Waals surface area contributed by atoms with Crippen LogP contribution >= 0.6 is 0 Å². The summed E-state index contributed by atoms with van der Waals surface area (Å²) in [5, 5.41) is 13.7. The summed E-state index contributed by atoms with van der Waals surface area (Å²) in [6.07, 6.45) is 0.817. The van der Waals surface area contributed by atoms with Gasteiger partial charge in [-0.25, -0.2) is 4.79 Å². The maximum Gasteiger partial charge on any atom is 0.410 e. The topological polar surface area (TPSA) is 98.5 Å². The highest BCUT2D eigenvalue weighted by atomic mass is 16.6. The van der Waals surface area contributed by atoms with Crippen LogP contribution in [0.1, 0.15) is 40.0 Å². The summed E-state index contributed by atoms with van der Waals surface area (Å²) >= 11 is 0. The standard InChI is InChI=1S/C12H20N4O3/c1-11(2,3)19-10(18)16-7-4-8(17)9(14-15-13)12(16)5-6-12/h8-9,17H,4-7H2,1-3H3. The average molecular weight is 268 g/mol. The van der Waals surface area contributed by atoms with Gasteiger partial charge in [0.25, 0.3) is 0 Å². The molecule has 19 heavy (non-hydrogen) atoms. The summed E-state index contributed by atoms with van der Waals surface area (Å²) < 4.78 is 5.39. The van der Waals surface area contributed by atoms with E-state index in [9.17, 15) is 9.90 Å². The van der Waals surface area contributed by atoms with E-state index in [2.05, 4.69) is 10.0 Å². The fraction of sp³-hybridized carbons (Fsp3) is 0.917. The predicted octanol–water partition coefficient (Wildman–Crippen LogP) is 2.20. The van der Waals surface area contributed by atoms with E-state index < -0.39 is 29.4 Å². The molecular formula is C12H20N4O3. The Bertz CT molecular complexity index is 421. The third kappa shape index (κ3) is 2.62. The Labute approximate surface area is 112 Å². The molecule has 1 spiro atoms. The predicted molar refractivity (Wildman–Crippen MR) is 68.5 cm³/mol. The SMILES string of the molecule is CC(C)(C)OC(=O)N1CCC(O)C(N=[N+]=[N-])C12CC2. The average Bonchev–Trinajstić information content (AvgIpc) is 3.03. The second kappa shape index (κ2) is 4.58. The second-order valence-electron chi connectivity index (χ2n) is 6.24. The lowest BCUT2D eigenvalue weighted by Gasteiger charge is -2.42. The molecule has 0 bridgehead atoms. The lowest BCUT2D eigenvalue weighted by atomic mass is 9.92. The van der Waals surface area contributed by atoms with Gasteiger partial charge in [-0.15, -0.1) is 0 Å². The number of hydrogen-bond acceptors (Lipinski definition) is 4. The van der Waals surface area contributed by atoms with Crippen molar-refractivity contribution in [3.05, 3.63) is 10.4 Å². The number of aliphatic hydroxyl groups excluding tert-OH is 1. The van der Waals surface area contributed by atoms with Crippen molar-refractivity contribution in [2.24, 2.45) is 5.11 Å². The minimum atomic E-state index is -0.683. The molecule has 1 N–H and O–H groups in total. The van der Waals surface area contributed by atoms with Gasteiger partial charge in [-0.1, -0.05) is 5.11 Å². The van der Waals surface area contributed by atoms with Gasteiger partial charge in [0, 0.05) is 11.5 Å². The minimum Gasteiger partial charge on any atom is -0.444 e. The van der Waals surface area contributed by atoms with Crippen molar-refractivity contribution in [3.63, 3.8) is 0 Å². The first-order valence-corrected chi connectivity index (χ1v) is 6.53. The minimum absolute atomic E-state index is 0.393. The van der Waals surface area contributed by atoms with Gasteiger partial charge in [-0.2, -0.15) is 0 Å². The van der Waals surface area contributed by atoms with E-state index in [1.807, 2.05) is 20.8 Å². The van der Waals surface area contributed by atoms with Crippen LogP contribution in [0.2, 0.25) is 0 Å². The number of carbonyl (C=O) groups excluding carboxylic acids is 1. The summed E-state index contributed by atoms with van der Waals surface area (Å²) in [5.74, 6) is 0. The number of likely N-dealkylation sites (tertiary alicyclic amines) is 1. The third-order valence-corrected chi connectivity index (χ3v) is 3.65. The molecule has 7 nitrogen and oxygen atoms in total. The fourth-order valence-corrected chi connectivity index (χ4v) is 2.68. The Morgan fingerprint density at radius 1 is 1.53 bits per heavy atom. The van der Waals surface area contributed by atoms with Crippen molar-refractivity contribution in [1.29, 1.82) is 0 Å². The van der Waals surface area contributed by atoms with E-state index in [1.54, 1.807) is 4.90 Å². The van der Waals surface area contributed by atoms with E-state index in [4.69, 9.17) is 10.3 Å². The van der Waals surface area contributed by atoms with E-state index in [-0.39, 0.29) is 0 Å². The first-order valence-electron chi connectivity index (χ1n) is 6.53. The van der Waals surface area contributed by atoms with Crippen molar-refractivity contribution in [3.8, 4) is 0 Å². The van der Waals surface area contributed by atoms with E-state index >= 15 is 0 Å². The molecule has 7 heteroatoms. The largest absolute Gasteiger partial charge is 0.444 e. The molecule has 1 aliphatic carbocycles. The molecule has 0 aromatic heterocycles. The van der Waals surface area contributed by atoms with Crippen molar-refractivity contribution >= 4 is 6.09 Å². The van der Waals surface area contributed by atoms with Crippen LogP contribution in [0, 0.1) is 0 Å². The lowest BCUT2D eigenvalue weighted by molar-refractivity contribution is -0.0230. The van der Waals surface area contributed by atoms with Crippen LogP contribution in [0.3, 0.4) is 0 Å². The van der Waals surface area contributed by atoms with Gasteiger partial charge in [-0.05, 0) is 45.6 Å². The van der Waals surface area contributed by atoms with Crippen LogP contribution in [0.15, 0.2) is 5.11 Å². The summed E-state index contributed by atoms with van der Waals surface area (Å²) in [7, 11) is 0. The maximum atomic E-state index is 12.2. The number of carbonyl (C=O) groups is 1. The van der Waals surface area contributed by atoms with Gasteiger partial charge in [0.15, 0.2) is 0 Å². The number of aliphatic hydroxyl groups is 1. The lowest BCUT2D eigenvalue weighted by Crippen LogP contribution is -2.58. The zero-order chi connectivity index (χ0) is 14.3. The second-order valence-corrected chi connectivity index (χ2v) is 6.24. The van der Waals surface area contributed by atoms with Crippen LogP contribution < -0.4 is 0 Å². The number of piperidine rings is 1. The van der Waals surface area contributed by atoms with Crippen molar-refractivity contribution in [2.45, 2.75) is 63.3 Å². The highest BCUT2D eigenvalue weighted by Crippen LogP contribution is 2.50. The Morgan fingerprint density at radius 3 is 2.63 bits per heavy atom. The van der Waals surface area contributed by atoms with Crippen LogP contribution in [0.5, 0.6) is 0 Å². The number of amides is 1. The molecule has 0 aromatic carbocycles. The van der Waals surface area contributed by atoms with Gasteiger partial charge in [-0.3, -0.25) is 0 Å². The molecule has 1 aliphatic heterocycles. The Morgan fingerprint density at radius 2 is 2.16 bits per heavy atom. The smallest absolute Gasteiger partial charge is 0.410 e. The number of rotatable bonds is 1. The molecule has 2 rings (SSSR count). The highest BCUT2D eigenvalue weighted by molar-refractivity contribution is 5.70. The molecule has 1 saturated carbocycles. The molecule has 1 amide bonds. The maximum absolute atomic E-state index is 12.2. The van der Waals surface area contributed by atoms with Crippen molar-refractivity contribution in [2.75, 3.05) is 6.54 Å². The first kappa shape index (κ1) is 14.0. The zero-order valence-electron chi connectivity index (χ0n) is 11.5. The molecule has 0 radical (unpaired) electrons. The van der Waals surface area contributed by atoms with Gasteiger partial charge < -0.3 is 14.7 Å². The monoisotopic (exact) mass is 268 g/mol. The summed E-state index contributed by atoms with van der Waals surface area (Å²) in [5.41, 5.74) is 7.53. The summed E-state index contributed by atoms with van der Waals surface area (Å²) in [6, 6.07) is -0.571. The van der Waals surface area contributed by atoms with Gasteiger partial charge in [0.1, 0.15) is 5.60 Å². The van der Waals surface area contributed by atoms with E-state index in [0.29, 0.717) is 13.0 Å². The van der Waals surface area contributed by atoms with Gasteiger partial charge in [0.2, 0.25) is 0 Å². The normalized spacial score (nSPS) is 28.7. The number of hydrogen-bond donors (Lipinski definition) is 1. The summed E-state index contributed by atoms with van der Waals surface area (Å²) in [4.78, 5) is 16.6. The van der Waals surface area contributed by atoms with E-state index in [0.717, 1.165) is 12.8 Å². The number of nitrogens with zero attached hydrogens (tertiary/aromatic N) is 4. The molecule has 0 aromatic rings. The molecule has 1 heterocycles. The highest BCUT2D eigenvalue weighted by Gasteiger charge is 2.60. The van der Waals surface area contributed by atoms with Crippen molar-refractivity contribution < 1.29 is 14.6 Å². The molecular weight excluding hydrogens is 248 g/mol. The number of azide groups is 1. The molecule has 2 atom stereocenters. The van der Waals surface area contributed by atoms with Gasteiger partial charge in [0.05, 0.1) is 17.7 Å². The Hall–Kier alpha value is -1.46. The van der Waals surface area contributed by atoms with Crippen LogP contribution in [0.25, 0.3) is 10.4 Å². The zero-order valence-corrected chi connectivity index (χ0v) is 11.5. The van der Waals surface area contributed by atoms with Crippen molar-refractivity contribution in [1.82, 2.24) is 4.90 Å². The molecule has 106 valence electrons. The van der Waals surface area contributed by atoms with E-state index in [1.165, 1.54) is 0 Å². The molecule has 2 unspecified atom stereocenters. The van der Waals surface area contributed by atoms with Crippen LogP contribution in [0.4, 0.5) is 4.79 Å². The van der Waals surface area contributed by atoms with Crippen LogP contribution in [-0.2, 0) is 4.74 Å². The quantitative estimate of drug-likeness (QED) is 0.448. The molecule has 1 saturated heterocycles. The number of ether oxygens (including phenoxy) is 1. The third-order valence-electron chi connectivity index (χ3n) is 3.65. The summed E-state index contributed by atoms with van der Waals surface area (Å²) in [6.45, 7) is 5.88.